The maximum absolute atomic E-state index is 9.76. The van der Waals surface area contributed by atoms with Crippen molar-refractivity contribution in [3.8, 4) is 6.07 Å². The Labute approximate surface area is 177 Å². The van der Waals surface area contributed by atoms with E-state index in [4.69, 9.17) is 4.99 Å². The van der Waals surface area contributed by atoms with Crippen LogP contribution in [0.2, 0.25) is 0 Å². The van der Waals surface area contributed by atoms with Crippen molar-refractivity contribution in [1.29, 1.82) is 5.26 Å². The third-order valence-corrected chi connectivity index (χ3v) is 6.51. The van der Waals surface area contributed by atoms with E-state index in [0.717, 1.165) is 36.5 Å². The van der Waals surface area contributed by atoms with Crippen LogP contribution >= 0.6 is 11.3 Å². The van der Waals surface area contributed by atoms with E-state index >= 15 is 0 Å². The fraction of sp³-hybridized carbons (Fsp3) is 0.280. The molecule has 0 bridgehead atoms. The molecule has 1 aliphatic rings. The maximum Gasteiger partial charge on any atom is 0.136 e. The van der Waals surface area contributed by atoms with Crippen LogP contribution in [0, 0.1) is 11.3 Å². The lowest BCUT2D eigenvalue weighted by molar-refractivity contribution is 0.419. The van der Waals surface area contributed by atoms with Crippen LogP contribution in [0.5, 0.6) is 0 Å². The molecule has 0 radical (unpaired) electrons. The summed E-state index contributed by atoms with van der Waals surface area (Å²) >= 11 is 1.71. The zero-order chi connectivity index (χ0) is 19.9. The fourth-order valence-corrected chi connectivity index (χ4v) is 5.02. The van der Waals surface area contributed by atoms with Crippen LogP contribution in [0.3, 0.4) is 0 Å². The molecule has 4 heteroatoms. The molecule has 1 aliphatic carbocycles. The van der Waals surface area contributed by atoms with Gasteiger partial charge >= 0.3 is 0 Å². The Morgan fingerprint density at radius 1 is 0.897 bits per heavy atom. The van der Waals surface area contributed by atoms with Crippen molar-refractivity contribution in [2.24, 2.45) is 4.99 Å². The summed E-state index contributed by atoms with van der Waals surface area (Å²) < 4.78 is 0. The molecular formula is C25H25N3S. The maximum atomic E-state index is 9.76. The molecule has 2 aromatic carbocycles. The van der Waals surface area contributed by atoms with Crippen LogP contribution in [0.4, 0.5) is 5.00 Å². The van der Waals surface area contributed by atoms with Crippen molar-refractivity contribution < 1.29 is 0 Å². The molecule has 1 heterocycles. The highest BCUT2D eigenvalue weighted by molar-refractivity contribution is 7.16. The summed E-state index contributed by atoms with van der Waals surface area (Å²) in [5, 5.41) is 10.6. The number of hydrogen-bond donors (Lipinski definition) is 0. The lowest BCUT2D eigenvalue weighted by Crippen LogP contribution is -2.20. The molecule has 4 rings (SSSR count). The van der Waals surface area contributed by atoms with Gasteiger partial charge in [-0.05, 0) is 42.4 Å². The number of nitriles is 1. The molecule has 0 spiro atoms. The molecule has 0 aliphatic heterocycles. The van der Waals surface area contributed by atoms with Gasteiger partial charge in [-0.2, -0.15) is 5.26 Å². The molecule has 29 heavy (non-hydrogen) atoms. The molecule has 146 valence electrons. The summed E-state index contributed by atoms with van der Waals surface area (Å²) in [6, 6.07) is 23.3. The zero-order valence-electron chi connectivity index (χ0n) is 16.6. The minimum atomic E-state index is 0.784. The Bertz CT molecular complexity index is 958. The highest BCUT2D eigenvalue weighted by Gasteiger charge is 2.19. The second kappa shape index (κ2) is 9.54. The van der Waals surface area contributed by atoms with Gasteiger partial charge in [0.1, 0.15) is 11.1 Å². The van der Waals surface area contributed by atoms with E-state index < -0.39 is 0 Å². The summed E-state index contributed by atoms with van der Waals surface area (Å²) in [5.41, 5.74) is 4.54. The van der Waals surface area contributed by atoms with E-state index in [0.29, 0.717) is 0 Å². The first-order chi connectivity index (χ1) is 14.3. The Morgan fingerprint density at radius 3 is 2.14 bits per heavy atom. The Hall–Kier alpha value is -2.90. The number of nitrogens with zero attached hydrogens (tertiary/aromatic N) is 3. The van der Waals surface area contributed by atoms with Crippen LogP contribution in [0.15, 0.2) is 65.7 Å². The Balaban J connectivity index is 1.60. The predicted molar refractivity (Wildman–Crippen MR) is 121 cm³/mol. The van der Waals surface area contributed by atoms with Crippen molar-refractivity contribution in [2.45, 2.75) is 45.2 Å². The van der Waals surface area contributed by atoms with Crippen LogP contribution in [0.1, 0.15) is 46.4 Å². The van der Waals surface area contributed by atoms with Gasteiger partial charge < -0.3 is 4.90 Å². The zero-order valence-corrected chi connectivity index (χ0v) is 17.4. The van der Waals surface area contributed by atoms with Gasteiger partial charge in [-0.3, -0.25) is 0 Å². The van der Waals surface area contributed by atoms with Crippen molar-refractivity contribution in [2.75, 3.05) is 0 Å². The molecule has 0 saturated carbocycles. The summed E-state index contributed by atoms with van der Waals surface area (Å²) in [5.74, 6) is 0. The first kappa shape index (κ1) is 19.4. The number of aliphatic imine (C=N–C) groups is 1. The van der Waals surface area contributed by atoms with Crippen molar-refractivity contribution >= 4 is 22.7 Å². The number of benzene rings is 2. The molecule has 3 aromatic rings. The largest absolute Gasteiger partial charge is 0.354 e. The first-order valence-corrected chi connectivity index (χ1v) is 11.1. The van der Waals surface area contributed by atoms with E-state index in [1.165, 1.54) is 40.8 Å². The molecule has 0 amide bonds. The number of aryl methyl sites for hydroxylation is 1. The third kappa shape index (κ3) is 4.93. The molecule has 3 nitrogen and oxygen atoms in total. The predicted octanol–water partition coefficient (Wildman–Crippen LogP) is 6.25. The van der Waals surface area contributed by atoms with E-state index in [2.05, 4.69) is 59.5 Å². The summed E-state index contributed by atoms with van der Waals surface area (Å²) in [7, 11) is 0. The van der Waals surface area contributed by atoms with Gasteiger partial charge in [0.2, 0.25) is 0 Å². The standard InChI is InChI=1S/C25H25N3S/c26-16-23-22-14-8-3-9-15-24(22)29-25(23)27-19-28(17-20-10-4-1-5-11-20)18-21-12-6-2-7-13-21/h1-2,4-7,10-13,19H,3,8-9,14-15,17-18H2. The number of fused-ring (bicyclic) bond motifs is 1. The number of hydrogen-bond acceptors (Lipinski definition) is 3. The van der Waals surface area contributed by atoms with E-state index in [1.807, 2.05) is 18.5 Å². The van der Waals surface area contributed by atoms with E-state index in [1.54, 1.807) is 11.3 Å². The van der Waals surface area contributed by atoms with Crippen LogP contribution < -0.4 is 0 Å². The molecule has 0 unspecified atom stereocenters. The fourth-order valence-electron chi connectivity index (χ4n) is 3.84. The lowest BCUT2D eigenvalue weighted by atomic mass is 10.1. The Kier molecular flexibility index (Phi) is 6.38. The second-order valence-electron chi connectivity index (χ2n) is 7.48. The average Bonchev–Trinajstić information content (AvgIpc) is 2.92. The van der Waals surface area contributed by atoms with Crippen LogP contribution in [0.25, 0.3) is 0 Å². The molecule has 0 N–H and O–H groups in total. The van der Waals surface area contributed by atoms with Gasteiger partial charge in [0.25, 0.3) is 0 Å². The molecular weight excluding hydrogens is 374 g/mol. The van der Waals surface area contributed by atoms with Gasteiger partial charge in [0, 0.05) is 18.0 Å². The van der Waals surface area contributed by atoms with E-state index in [-0.39, 0.29) is 0 Å². The average molecular weight is 400 g/mol. The van der Waals surface area contributed by atoms with Gasteiger partial charge in [-0.1, -0.05) is 67.1 Å². The monoisotopic (exact) mass is 399 g/mol. The molecule has 1 aromatic heterocycles. The summed E-state index contributed by atoms with van der Waals surface area (Å²) in [4.78, 5) is 8.39. The molecule has 0 fully saturated rings. The second-order valence-corrected chi connectivity index (χ2v) is 8.56. The first-order valence-electron chi connectivity index (χ1n) is 10.2. The summed E-state index contributed by atoms with van der Waals surface area (Å²) in [6.07, 6.45) is 7.67. The topological polar surface area (TPSA) is 39.4 Å². The highest BCUT2D eigenvalue weighted by atomic mass is 32.1. The van der Waals surface area contributed by atoms with Gasteiger partial charge in [-0.15, -0.1) is 11.3 Å². The van der Waals surface area contributed by atoms with E-state index in [9.17, 15) is 5.26 Å². The van der Waals surface area contributed by atoms with Crippen molar-refractivity contribution in [3.63, 3.8) is 0 Å². The lowest BCUT2D eigenvalue weighted by Gasteiger charge is -2.20. The highest BCUT2D eigenvalue weighted by Crippen LogP contribution is 2.38. The van der Waals surface area contributed by atoms with Gasteiger partial charge in [0.05, 0.1) is 11.9 Å². The SMILES string of the molecule is N#Cc1c(N=CN(Cc2ccccc2)Cc2ccccc2)sc2c1CCCCC2. The Morgan fingerprint density at radius 2 is 1.52 bits per heavy atom. The minimum Gasteiger partial charge on any atom is -0.354 e. The quantitative estimate of drug-likeness (QED) is 0.279. The minimum absolute atomic E-state index is 0.784. The number of rotatable bonds is 6. The van der Waals surface area contributed by atoms with Gasteiger partial charge in [0.15, 0.2) is 0 Å². The smallest absolute Gasteiger partial charge is 0.136 e. The molecule has 0 atom stereocenters. The summed E-state index contributed by atoms with van der Waals surface area (Å²) in [6.45, 7) is 1.57. The van der Waals surface area contributed by atoms with Crippen LogP contribution in [-0.4, -0.2) is 11.2 Å². The van der Waals surface area contributed by atoms with Gasteiger partial charge in [-0.25, -0.2) is 4.99 Å². The third-order valence-electron chi connectivity index (χ3n) is 5.31. The number of thiophene rings is 1. The van der Waals surface area contributed by atoms with Crippen LogP contribution in [-0.2, 0) is 25.9 Å². The normalized spacial score (nSPS) is 13.6. The van der Waals surface area contributed by atoms with Crippen molar-refractivity contribution in [1.82, 2.24) is 4.90 Å². The van der Waals surface area contributed by atoms with Crippen molar-refractivity contribution in [3.05, 3.63) is 87.8 Å². The molecule has 0 saturated heterocycles.